The minimum Gasteiger partial charge on any atom is -0.363 e. The molecule has 3 rings (SSSR count). The van der Waals surface area contributed by atoms with Crippen molar-refractivity contribution in [1.29, 1.82) is 0 Å². The molecule has 2 amide bonds. The minimum absolute atomic E-state index is 0.0208. The van der Waals surface area contributed by atoms with Crippen molar-refractivity contribution in [2.24, 2.45) is 0 Å². The maximum Gasteiger partial charge on any atom is 0.238 e. The lowest BCUT2D eigenvalue weighted by molar-refractivity contribution is -0.128. The Hall–Kier alpha value is -3.07. The number of halogens is 1. The highest BCUT2D eigenvalue weighted by atomic mass is 19.1. The van der Waals surface area contributed by atoms with Crippen LogP contribution in [-0.2, 0) is 16.1 Å². The highest BCUT2D eigenvalue weighted by Crippen LogP contribution is 2.26. The minimum atomic E-state index is -0.337. The van der Waals surface area contributed by atoms with Crippen LogP contribution in [0.15, 0.2) is 30.3 Å². The number of hydrogen-bond donors (Lipinski definition) is 1. The van der Waals surface area contributed by atoms with Gasteiger partial charge in [0.15, 0.2) is 0 Å². The van der Waals surface area contributed by atoms with Gasteiger partial charge in [-0.1, -0.05) is 0 Å². The number of anilines is 2. The zero-order valence-corrected chi connectivity index (χ0v) is 19.1. The predicted molar refractivity (Wildman–Crippen MR) is 122 cm³/mol. The van der Waals surface area contributed by atoms with E-state index in [4.69, 9.17) is 9.97 Å². The second-order valence-corrected chi connectivity index (χ2v) is 8.47. The third-order valence-corrected chi connectivity index (χ3v) is 5.54. The number of piperidine rings is 1. The summed E-state index contributed by atoms with van der Waals surface area (Å²) in [4.78, 5) is 39.3. The Labute approximate surface area is 188 Å². The van der Waals surface area contributed by atoms with Crippen LogP contribution in [0.1, 0.15) is 37.2 Å². The molecule has 2 heterocycles. The lowest BCUT2D eigenvalue weighted by atomic mass is 9.97. The van der Waals surface area contributed by atoms with Crippen LogP contribution in [-0.4, -0.2) is 72.4 Å². The second kappa shape index (κ2) is 10.5. The zero-order chi connectivity index (χ0) is 23.3. The van der Waals surface area contributed by atoms with Crippen LogP contribution < -0.4 is 10.2 Å². The quantitative estimate of drug-likeness (QED) is 0.710. The third-order valence-electron chi connectivity index (χ3n) is 5.54. The molecule has 1 atom stereocenters. The van der Waals surface area contributed by atoms with Crippen molar-refractivity contribution >= 4 is 23.3 Å². The van der Waals surface area contributed by atoms with E-state index in [1.54, 1.807) is 24.1 Å². The molecule has 1 aliphatic rings. The molecule has 0 aliphatic carbocycles. The molecule has 0 spiro atoms. The first-order valence-corrected chi connectivity index (χ1v) is 10.8. The average Bonchev–Trinajstić information content (AvgIpc) is 2.75. The van der Waals surface area contributed by atoms with Crippen molar-refractivity contribution < 1.29 is 14.0 Å². The van der Waals surface area contributed by atoms with E-state index in [-0.39, 0.29) is 30.1 Å². The van der Waals surface area contributed by atoms with Gasteiger partial charge in [-0.15, -0.1) is 0 Å². The first-order valence-electron chi connectivity index (χ1n) is 10.8. The molecule has 0 radical (unpaired) electrons. The summed E-state index contributed by atoms with van der Waals surface area (Å²) in [7, 11) is 5.61. The summed E-state index contributed by atoms with van der Waals surface area (Å²) in [5.41, 5.74) is 1.37. The van der Waals surface area contributed by atoms with E-state index in [0.717, 1.165) is 36.7 Å². The molecule has 0 saturated carbocycles. The molecule has 1 aliphatic heterocycles. The molecule has 1 saturated heterocycles. The van der Waals surface area contributed by atoms with Crippen molar-refractivity contribution in [3.8, 4) is 0 Å². The Morgan fingerprint density at radius 3 is 2.56 bits per heavy atom. The van der Waals surface area contributed by atoms with Crippen LogP contribution >= 0.6 is 0 Å². The second-order valence-electron chi connectivity index (χ2n) is 8.47. The maximum atomic E-state index is 13.1. The number of carbonyl (C=O) groups excluding carboxylic acids is 2. The Morgan fingerprint density at radius 1 is 1.19 bits per heavy atom. The van der Waals surface area contributed by atoms with Crippen LogP contribution in [0.5, 0.6) is 0 Å². The van der Waals surface area contributed by atoms with E-state index < -0.39 is 0 Å². The molecule has 2 aromatic rings. The van der Waals surface area contributed by atoms with Crippen LogP contribution in [0, 0.1) is 5.82 Å². The fourth-order valence-electron chi connectivity index (χ4n) is 3.70. The number of likely N-dealkylation sites (tertiary alicyclic amines) is 1. The molecule has 32 heavy (non-hydrogen) atoms. The Morgan fingerprint density at radius 2 is 1.91 bits per heavy atom. The monoisotopic (exact) mass is 442 g/mol. The van der Waals surface area contributed by atoms with Gasteiger partial charge in [-0.3, -0.25) is 14.5 Å². The van der Waals surface area contributed by atoms with Gasteiger partial charge in [-0.25, -0.2) is 14.4 Å². The van der Waals surface area contributed by atoms with Crippen molar-refractivity contribution in [1.82, 2.24) is 19.8 Å². The van der Waals surface area contributed by atoms with E-state index >= 15 is 0 Å². The number of benzene rings is 1. The third kappa shape index (κ3) is 6.46. The Bertz CT molecular complexity index is 950. The summed E-state index contributed by atoms with van der Waals surface area (Å²) in [6, 6.07) is 7.64. The summed E-state index contributed by atoms with van der Waals surface area (Å²) in [6.07, 6.45) is 1.88. The molecule has 1 N–H and O–H groups in total. The van der Waals surface area contributed by atoms with Gasteiger partial charge in [0.2, 0.25) is 11.8 Å². The lowest BCUT2D eigenvalue weighted by Gasteiger charge is -2.32. The fourth-order valence-corrected chi connectivity index (χ4v) is 3.70. The zero-order valence-electron chi connectivity index (χ0n) is 19.1. The lowest BCUT2D eigenvalue weighted by Crippen LogP contribution is -2.40. The summed E-state index contributed by atoms with van der Waals surface area (Å²) in [5, 5.41) is 2.81. The molecule has 1 fully saturated rings. The first-order chi connectivity index (χ1) is 15.2. The smallest absolute Gasteiger partial charge is 0.238 e. The number of aromatic nitrogens is 2. The number of carbonyl (C=O) groups is 2. The SMILES string of the molecule is CC(=O)N(C)Cc1cc(N(C)C)nc([C@@H]2CCCN(CC(=O)Nc3ccc(F)cc3)C2)n1. The fraction of sp³-hybridized carbons (Fsp3) is 0.478. The summed E-state index contributed by atoms with van der Waals surface area (Å²) in [5.74, 6) is 1.15. The van der Waals surface area contributed by atoms with Gasteiger partial charge >= 0.3 is 0 Å². The highest BCUT2D eigenvalue weighted by molar-refractivity contribution is 5.92. The van der Waals surface area contributed by atoms with E-state index in [2.05, 4.69) is 10.2 Å². The first kappa shape index (κ1) is 23.6. The Kier molecular flexibility index (Phi) is 7.74. The topological polar surface area (TPSA) is 81.7 Å². The molecule has 0 bridgehead atoms. The molecular weight excluding hydrogens is 411 g/mol. The van der Waals surface area contributed by atoms with Crippen molar-refractivity contribution in [3.63, 3.8) is 0 Å². The Balaban J connectivity index is 1.69. The maximum absolute atomic E-state index is 13.1. The van der Waals surface area contributed by atoms with Crippen molar-refractivity contribution in [3.05, 3.63) is 47.7 Å². The van der Waals surface area contributed by atoms with E-state index in [1.165, 1.54) is 19.1 Å². The molecule has 1 aromatic carbocycles. The number of hydrogen-bond acceptors (Lipinski definition) is 6. The number of rotatable bonds is 7. The largest absolute Gasteiger partial charge is 0.363 e. The van der Waals surface area contributed by atoms with Crippen molar-refractivity contribution in [2.75, 3.05) is 51.0 Å². The summed E-state index contributed by atoms with van der Waals surface area (Å²) < 4.78 is 13.1. The summed E-state index contributed by atoms with van der Waals surface area (Å²) >= 11 is 0. The van der Waals surface area contributed by atoms with E-state index in [1.807, 2.05) is 25.1 Å². The van der Waals surface area contributed by atoms with Gasteiger partial charge in [0, 0.05) is 52.3 Å². The van der Waals surface area contributed by atoms with Gasteiger partial charge in [-0.2, -0.15) is 0 Å². The van der Waals surface area contributed by atoms with Gasteiger partial charge in [0.05, 0.1) is 18.8 Å². The average molecular weight is 443 g/mol. The molecule has 1 aromatic heterocycles. The predicted octanol–water partition coefficient (Wildman–Crippen LogP) is 2.48. The van der Waals surface area contributed by atoms with Gasteiger partial charge < -0.3 is 15.1 Å². The van der Waals surface area contributed by atoms with Gasteiger partial charge in [-0.05, 0) is 43.7 Å². The summed E-state index contributed by atoms with van der Waals surface area (Å²) in [6.45, 7) is 3.70. The highest BCUT2D eigenvalue weighted by Gasteiger charge is 2.26. The van der Waals surface area contributed by atoms with Crippen LogP contribution in [0.2, 0.25) is 0 Å². The van der Waals surface area contributed by atoms with E-state index in [9.17, 15) is 14.0 Å². The van der Waals surface area contributed by atoms with Crippen molar-refractivity contribution in [2.45, 2.75) is 32.2 Å². The number of amides is 2. The molecule has 9 heteroatoms. The molecule has 0 unspecified atom stereocenters. The normalized spacial score (nSPS) is 16.5. The van der Waals surface area contributed by atoms with Gasteiger partial charge in [0.25, 0.3) is 0 Å². The van der Waals surface area contributed by atoms with E-state index in [0.29, 0.717) is 18.8 Å². The van der Waals surface area contributed by atoms with Crippen LogP contribution in [0.4, 0.5) is 15.9 Å². The van der Waals surface area contributed by atoms with Crippen LogP contribution in [0.25, 0.3) is 0 Å². The number of nitrogens with zero attached hydrogens (tertiary/aromatic N) is 5. The van der Waals surface area contributed by atoms with Crippen LogP contribution in [0.3, 0.4) is 0 Å². The molecule has 8 nitrogen and oxygen atoms in total. The molecule has 172 valence electrons. The number of nitrogens with one attached hydrogen (secondary N) is 1. The standard InChI is InChI=1S/C23H31FN6O2/c1-16(31)29(4)14-20-12-21(28(2)3)27-23(26-20)17-6-5-11-30(13-17)15-22(32)25-19-9-7-18(24)8-10-19/h7-10,12,17H,5-6,11,13-15H2,1-4H3,(H,25,32)/t17-/m1/s1. The molecular formula is C23H31FN6O2. The van der Waals surface area contributed by atoms with Gasteiger partial charge in [0.1, 0.15) is 17.5 Å².